The van der Waals surface area contributed by atoms with E-state index in [0.29, 0.717) is 17.1 Å². The summed E-state index contributed by atoms with van der Waals surface area (Å²) in [4.78, 5) is 0. The van der Waals surface area contributed by atoms with Crippen LogP contribution in [0.1, 0.15) is 103 Å². The van der Waals surface area contributed by atoms with Gasteiger partial charge in [0.15, 0.2) is 0 Å². The van der Waals surface area contributed by atoms with Crippen LogP contribution < -0.4 is 0 Å². The molecule has 0 radical (unpaired) electrons. The van der Waals surface area contributed by atoms with Crippen LogP contribution in [0.15, 0.2) is 0 Å². The molecule has 0 aliphatic heterocycles. The average Bonchev–Trinajstić information content (AvgIpc) is 2.65. The summed E-state index contributed by atoms with van der Waals surface area (Å²) in [5.41, 5.74) is 0. The highest BCUT2D eigenvalue weighted by atomic mass is 28.4. The van der Waals surface area contributed by atoms with Crippen LogP contribution in [-0.2, 0) is 17.4 Å². The predicted octanol–water partition coefficient (Wildman–Crippen LogP) is 4.90. The van der Waals surface area contributed by atoms with Gasteiger partial charge in [0.1, 0.15) is 10.5 Å². The Bertz CT molecular complexity index is 256. The molecule has 6 heteroatoms. The molecular formula is C19H44O4Si2. The molecule has 0 bridgehead atoms. The number of rotatable bonds is 20. The van der Waals surface area contributed by atoms with Gasteiger partial charge in [-0.3, -0.25) is 0 Å². The standard InChI is InChI=1S/C19H44O4Si2/c1-4-5-6-7-8-9-10-11-12-13-14-15-16-17-18-19-22-25(20-2,21-3)23-24/h4-19H2,1-3,24H3. The van der Waals surface area contributed by atoms with Crippen LogP contribution in [-0.4, -0.2) is 40.4 Å². The van der Waals surface area contributed by atoms with E-state index in [0.717, 1.165) is 6.42 Å². The molecule has 25 heavy (non-hydrogen) atoms. The third-order valence-corrected chi connectivity index (χ3v) is 8.33. The summed E-state index contributed by atoms with van der Waals surface area (Å²) in [5.74, 6) is 0. The lowest BCUT2D eigenvalue weighted by Gasteiger charge is -2.23. The molecule has 0 saturated heterocycles. The lowest BCUT2D eigenvalue weighted by atomic mass is 10.0. The zero-order chi connectivity index (χ0) is 18.6. The fourth-order valence-corrected chi connectivity index (χ4v) is 5.70. The highest BCUT2D eigenvalue weighted by molar-refractivity contribution is 6.57. The Balaban J connectivity index is 3.21. The minimum absolute atomic E-state index is 0.573. The smallest absolute Gasteiger partial charge is 0.403 e. The van der Waals surface area contributed by atoms with Crippen molar-refractivity contribution in [1.82, 2.24) is 0 Å². The molecule has 0 fully saturated rings. The van der Waals surface area contributed by atoms with E-state index >= 15 is 0 Å². The quantitative estimate of drug-likeness (QED) is 0.218. The Morgan fingerprint density at radius 2 is 0.960 bits per heavy atom. The molecule has 0 atom stereocenters. The molecule has 0 aromatic heterocycles. The fourth-order valence-electron chi connectivity index (χ4n) is 3.10. The van der Waals surface area contributed by atoms with Gasteiger partial charge >= 0.3 is 9.05 Å². The highest BCUT2D eigenvalue weighted by Gasteiger charge is 2.41. The van der Waals surface area contributed by atoms with E-state index in [1.54, 1.807) is 14.2 Å². The molecule has 152 valence electrons. The molecule has 0 spiro atoms. The van der Waals surface area contributed by atoms with Gasteiger partial charge in [0.2, 0.25) is 0 Å². The van der Waals surface area contributed by atoms with Crippen molar-refractivity contribution in [3.63, 3.8) is 0 Å². The summed E-state index contributed by atoms with van der Waals surface area (Å²) in [5, 5.41) is 0. The molecule has 4 nitrogen and oxygen atoms in total. The van der Waals surface area contributed by atoms with Crippen LogP contribution in [0, 0.1) is 0 Å². The first kappa shape index (κ1) is 25.3. The molecule has 0 N–H and O–H groups in total. The third-order valence-electron chi connectivity index (χ3n) is 4.78. The number of hydrogen-bond acceptors (Lipinski definition) is 4. The largest absolute Gasteiger partial charge is 0.667 e. The average molecular weight is 393 g/mol. The van der Waals surface area contributed by atoms with Gasteiger partial charge in [-0.15, -0.1) is 0 Å². The van der Waals surface area contributed by atoms with Gasteiger partial charge in [0.25, 0.3) is 0 Å². The first-order valence-corrected chi connectivity index (χ1v) is 13.0. The van der Waals surface area contributed by atoms with E-state index in [-0.39, 0.29) is 0 Å². The molecule has 0 aliphatic carbocycles. The predicted molar refractivity (Wildman–Crippen MR) is 112 cm³/mol. The first-order valence-electron chi connectivity index (χ1n) is 10.5. The summed E-state index contributed by atoms with van der Waals surface area (Å²) < 4.78 is 21.6. The second-order valence-electron chi connectivity index (χ2n) is 6.91. The minimum atomic E-state index is -2.76. The zero-order valence-electron chi connectivity index (χ0n) is 17.4. The number of unbranched alkanes of at least 4 members (excludes halogenated alkanes) is 14. The van der Waals surface area contributed by atoms with Crippen molar-refractivity contribution in [2.45, 2.75) is 103 Å². The monoisotopic (exact) mass is 392 g/mol. The van der Waals surface area contributed by atoms with Gasteiger partial charge in [0.05, 0.1) is 0 Å². The van der Waals surface area contributed by atoms with Crippen molar-refractivity contribution in [2.24, 2.45) is 0 Å². The summed E-state index contributed by atoms with van der Waals surface area (Å²) in [7, 11) is 1.01. The molecule has 0 aliphatic rings. The van der Waals surface area contributed by atoms with Crippen LogP contribution in [0.5, 0.6) is 0 Å². The summed E-state index contributed by atoms with van der Waals surface area (Å²) in [6.07, 6.45) is 20.6. The fraction of sp³-hybridized carbons (Fsp3) is 1.00. The van der Waals surface area contributed by atoms with Crippen LogP contribution >= 0.6 is 0 Å². The van der Waals surface area contributed by atoms with Crippen LogP contribution in [0.25, 0.3) is 0 Å². The number of hydrogen-bond donors (Lipinski definition) is 0. The Morgan fingerprint density at radius 3 is 1.28 bits per heavy atom. The van der Waals surface area contributed by atoms with Gasteiger partial charge in [0, 0.05) is 20.8 Å². The Morgan fingerprint density at radius 1 is 0.600 bits per heavy atom. The zero-order valence-corrected chi connectivity index (χ0v) is 20.4. The van der Waals surface area contributed by atoms with Crippen molar-refractivity contribution in [3.05, 3.63) is 0 Å². The molecule has 0 amide bonds. The molecule has 0 saturated carbocycles. The molecule has 0 heterocycles. The molecule has 0 unspecified atom stereocenters. The Labute approximate surface area is 161 Å². The van der Waals surface area contributed by atoms with Crippen molar-refractivity contribution in [1.29, 1.82) is 0 Å². The molecular weight excluding hydrogens is 348 g/mol. The molecule has 0 aromatic rings. The third kappa shape index (κ3) is 15.1. The minimum Gasteiger partial charge on any atom is -0.403 e. The topological polar surface area (TPSA) is 36.9 Å². The van der Waals surface area contributed by atoms with Crippen molar-refractivity contribution < 1.29 is 17.4 Å². The summed E-state index contributed by atoms with van der Waals surface area (Å²) >= 11 is 0. The van der Waals surface area contributed by atoms with Crippen molar-refractivity contribution in [3.8, 4) is 0 Å². The second kappa shape index (κ2) is 19.0. The van der Waals surface area contributed by atoms with Crippen molar-refractivity contribution >= 4 is 19.5 Å². The molecule has 0 aromatic carbocycles. The Kier molecular flexibility index (Phi) is 19.3. The van der Waals surface area contributed by atoms with E-state index in [9.17, 15) is 0 Å². The first-order chi connectivity index (χ1) is 12.2. The van der Waals surface area contributed by atoms with E-state index in [4.69, 9.17) is 17.4 Å². The maximum absolute atomic E-state index is 5.70. The maximum atomic E-state index is 5.70. The normalized spacial score (nSPS) is 12.1. The van der Waals surface area contributed by atoms with Gasteiger partial charge in [-0.25, -0.2) is 0 Å². The van der Waals surface area contributed by atoms with E-state index in [1.165, 1.54) is 89.9 Å². The highest BCUT2D eigenvalue weighted by Crippen LogP contribution is 2.14. The molecule has 0 rings (SSSR count). The van der Waals surface area contributed by atoms with Gasteiger partial charge in [-0.05, 0) is 6.42 Å². The summed E-state index contributed by atoms with van der Waals surface area (Å²) in [6.45, 7) is 2.96. The SMILES string of the molecule is CCCCCCCCCCCCCCCCCO[Si](OC)(OC)O[SiH3]. The van der Waals surface area contributed by atoms with Crippen LogP contribution in [0.2, 0.25) is 0 Å². The van der Waals surface area contributed by atoms with Gasteiger partial charge in [-0.2, -0.15) is 0 Å². The van der Waals surface area contributed by atoms with Gasteiger partial charge < -0.3 is 17.4 Å². The van der Waals surface area contributed by atoms with E-state index in [1.807, 2.05) is 0 Å². The van der Waals surface area contributed by atoms with Crippen molar-refractivity contribution in [2.75, 3.05) is 20.8 Å². The second-order valence-corrected chi connectivity index (χ2v) is 10.6. The van der Waals surface area contributed by atoms with Crippen LogP contribution in [0.4, 0.5) is 0 Å². The van der Waals surface area contributed by atoms with E-state index < -0.39 is 9.05 Å². The maximum Gasteiger partial charge on any atom is 0.667 e. The lowest BCUT2D eigenvalue weighted by molar-refractivity contribution is 0.0336. The Hall–Kier alpha value is 0.274. The van der Waals surface area contributed by atoms with Gasteiger partial charge in [-0.1, -0.05) is 96.8 Å². The van der Waals surface area contributed by atoms with Crippen LogP contribution in [0.3, 0.4) is 0 Å². The summed E-state index contributed by atoms with van der Waals surface area (Å²) in [6, 6.07) is 0. The van der Waals surface area contributed by atoms with E-state index in [2.05, 4.69) is 6.92 Å². The lowest BCUT2D eigenvalue weighted by Crippen LogP contribution is -2.47.